The number of amides is 2. The Morgan fingerprint density at radius 2 is 1.89 bits per heavy atom. The van der Waals surface area contributed by atoms with Gasteiger partial charge in [-0.1, -0.05) is 6.92 Å². The molecule has 18 heavy (non-hydrogen) atoms. The van der Waals surface area contributed by atoms with Crippen molar-refractivity contribution in [2.24, 2.45) is 11.8 Å². The highest BCUT2D eigenvalue weighted by atomic mass is 16.2. The summed E-state index contributed by atoms with van der Waals surface area (Å²) in [6, 6.07) is 0. The van der Waals surface area contributed by atoms with Crippen molar-refractivity contribution in [2.75, 3.05) is 32.7 Å². The number of likely N-dealkylation sites (tertiary alicyclic amines) is 1. The maximum atomic E-state index is 12.0. The fourth-order valence-electron chi connectivity index (χ4n) is 2.48. The third kappa shape index (κ3) is 3.02. The van der Waals surface area contributed by atoms with Crippen LogP contribution in [0, 0.1) is 11.8 Å². The molecule has 2 aliphatic heterocycles. The maximum Gasteiger partial charge on any atom is 0.228 e. The highest BCUT2D eigenvalue weighted by molar-refractivity contribution is 5.81. The molecule has 2 fully saturated rings. The number of rotatable bonds is 4. The Morgan fingerprint density at radius 3 is 2.39 bits per heavy atom. The first-order valence-electron chi connectivity index (χ1n) is 6.99. The predicted molar refractivity (Wildman–Crippen MR) is 69.0 cm³/mol. The molecule has 0 aromatic rings. The molecule has 0 radical (unpaired) electrons. The van der Waals surface area contributed by atoms with Crippen LogP contribution in [0.1, 0.15) is 26.2 Å². The van der Waals surface area contributed by atoms with Gasteiger partial charge in [0, 0.05) is 38.6 Å². The smallest absolute Gasteiger partial charge is 0.228 e. The molecule has 2 rings (SSSR count). The molecule has 2 amide bonds. The molecule has 2 N–H and O–H groups in total. The van der Waals surface area contributed by atoms with E-state index in [9.17, 15) is 9.59 Å². The van der Waals surface area contributed by atoms with Gasteiger partial charge in [-0.25, -0.2) is 0 Å². The SMILES string of the molecule is CCCNC(=O)C1CCN(C(=O)C2CNC2)CC1. The van der Waals surface area contributed by atoms with Crippen LogP contribution in [0.4, 0.5) is 0 Å². The Labute approximate surface area is 108 Å². The molecule has 2 aliphatic rings. The van der Waals surface area contributed by atoms with Crippen LogP contribution in [-0.4, -0.2) is 49.4 Å². The normalized spacial score (nSPS) is 21.5. The molecule has 5 heteroatoms. The van der Waals surface area contributed by atoms with Crippen LogP contribution in [-0.2, 0) is 9.59 Å². The molecule has 102 valence electrons. The maximum absolute atomic E-state index is 12.0. The van der Waals surface area contributed by atoms with Gasteiger partial charge in [0.2, 0.25) is 11.8 Å². The summed E-state index contributed by atoms with van der Waals surface area (Å²) >= 11 is 0. The number of carbonyl (C=O) groups excluding carboxylic acids is 2. The first-order valence-corrected chi connectivity index (χ1v) is 6.99. The van der Waals surface area contributed by atoms with Crippen molar-refractivity contribution in [1.82, 2.24) is 15.5 Å². The molecule has 2 heterocycles. The third-order valence-corrected chi connectivity index (χ3v) is 3.86. The van der Waals surface area contributed by atoms with E-state index in [2.05, 4.69) is 10.6 Å². The van der Waals surface area contributed by atoms with Crippen molar-refractivity contribution in [3.8, 4) is 0 Å². The minimum Gasteiger partial charge on any atom is -0.356 e. The first kappa shape index (κ1) is 13.3. The summed E-state index contributed by atoms with van der Waals surface area (Å²) in [5.74, 6) is 0.700. The van der Waals surface area contributed by atoms with Crippen LogP contribution in [0.5, 0.6) is 0 Å². The van der Waals surface area contributed by atoms with E-state index in [1.807, 2.05) is 11.8 Å². The molecule has 0 spiro atoms. The molecule has 0 aliphatic carbocycles. The Balaban J connectivity index is 1.73. The minimum atomic E-state index is 0.0973. The highest BCUT2D eigenvalue weighted by Crippen LogP contribution is 2.20. The topological polar surface area (TPSA) is 61.4 Å². The van der Waals surface area contributed by atoms with Gasteiger partial charge in [0.25, 0.3) is 0 Å². The molecule has 0 aromatic carbocycles. The lowest BCUT2D eigenvalue weighted by Crippen LogP contribution is -2.54. The van der Waals surface area contributed by atoms with Gasteiger partial charge in [-0.3, -0.25) is 9.59 Å². The summed E-state index contributed by atoms with van der Waals surface area (Å²) in [6.45, 7) is 5.91. The van der Waals surface area contributed by atoms with Crippen molar-refractivity contribution < 1.29 is 9.59 Å². The van der Waals surface area contributed by atoms with Gasteiger partial charge < -0.3 is 15.5 Å². The van der Waals surface area contributed by atoms with E-state index in [1.165, 1.54) is 0 Å². The van der Waals surface area contributed by atoms with Gasteiger partial charge in [0.05, 0.1) is 5.92 Å². The van der Waals surface area contributed by atoms with Crippen molar-refractivity contribution in [3.63, 3.8) is 0 Å². The summed E-state index contributed by atoms with van der Waals surface area (Å²) in [5, 5.41) is 6.06. The summed E-state index contributed by atoms with van der Waals surface area (Å²) in [6.07, 6.45) is 2.58. The van der Waals surface area contributed by atoms with Crippen LogP contribution in [0.25, 0.3) is 0 Å². The average Bonchev–Trinajstić information content (AvgIpc) is 2.34. The second-order valence-electron chi connectivity index (χ2n) is 5.25. The summed E-state index contributed by atoms with van der Waals surface area (Å²) < 4.78 is 0. The van der Waals surface area contributed by atoms with E-state index < -0.39 is 0 Å². The number of hydrogen-bond donors (Lipinski definition) is 2. The van der Waals surface area contributed by atoms with Crippen LogP contribution in [0.2, 0.25) is 0 Å². The van der Waals surface area contributed by atoms with Crippen LogP contribution < -0.4 is 10.6 Å². The molecule has 0 saturated carbocycles. The third-order valence-electron chi connectivity index (χ3n) is 3.86. The van der Waals surface area contributed by atoms with Crippen LogP contribution in [0.15, 0.2) is 0 Å². The van der Waals surface area contributed by atoms with Gasteiger partial charge in [-0.2, -0.15) is 0 Å². The van der Waals surface area contributed by atoms with Crippen LogP contribution in [0.3, 0.4) is 0 Å². The monoisotopic (exact) mass is 253 g/mol. The summed E-state index contributed by atoms with van der Waals surface area (Å²) in [7, 11) is 0. The Kier molecular flexibility index (Phi) is 4.58. The average molecular weight is 253 g/mol. The van der Waals surface area contributed by atoms with Crippen molar-refractivity contribution in [1.29, 1.82) is 0 Å². The fourth-order valence-corrected chi connectivity index (χ4v) is 2.48. The number of nitrogens with zero attached hydrogens (tertiary/aromatic N) is 1. The second kappa shape index (κ2) is 6.18. The summed E-state index contributed by atoms with van der Waals surface area (Å²) in [4.78, 5) is 25.8. The zero-order valence-corrected chi connectivity index (χ0v) is 11.1. The quantitative estimate of drug-likeness (QED) is 0.739. The fraction of sp³-hybridized carbons (Fsp3) is 0.846. The van der Waals surface area contributed by atoms with E-state index in [0.717, 1.165) is 52.0 Å². The van der Waals surface area contributed by atoms with Gasteiger partial charge >= 0.3 is 0 Å². The molecule has 0 aromatic heterocycles. The number of hydrogen-bond acceptors (Lipinski definition) is 3. The molecule has 0 unspecified atom stereocenters. The lowest BCUT2D eigenvalue weighted by Gasteiger charge is -2.36. The van der Waals surface area contributed by atoms with E-state index in [1.54, 1.807) is 0 Å². The second-order valence-corrected chi connectivity index (χ2v) is 5.25. The Morgan fingerprint density at radius 1 is 1.22 bits per heavy atom. The molecule has 2 saturated heterocycles. The molecular weight excluding hydrogens is 230 g/mol. The molecular formula is C13H23N3O2. The first-order chi connectivity index (χ1) is 8.72. The van der Waals surface area contributed by atoms with E-state index in [0.29, 0.717) is 0 Å². The zero-order chi connectivity index (χ0) is 13.0. The molecule has 5 nitrogen and oxygen atoms in total. The highest BCUT2D eigenvalue weighted by Gasteiger charge is 2.32. The Bertz CT molecular complexity index is 307. The van der Waals surface area contributed by atoms with Gasteiger partial charge in [-0.15, -0.1) is 0 Å². The van der Waals surface area contributed by atoms with Gasteiger partial charge in [0.1, 0.15) is 0 Å². The molecule has 0 atom stereocenters. The zero-order valence-electron chi connectivity index (χ0n) is 11.1. The molecule has 0 bridgehead atoms. The van der Waals surface area contributed by atoms with E-state index in [4.69, 9.17) is 0 Å². The van der Waals surface area contributed by atoms with Crippen molar-refractivity contribution >= 4 is 11.8 Å². The Hall–Kier alpha value is -1.10. The number of piperidine rings is 1. The van der Waals surface area contributed by atoms with Crippen molar-refractivity contribution in [2.45, 2.75) is 26.2 Å². The standard InChI is InChI=1S/C13H23N3O2/c1-2-5-15-12(17)10-3-6-16(7-4-10)13(18)11-8-14-9-11/h10-11,14H,2-9H2,1H3,(H,15,17). The largest absolute Gasteiger partial charge is 0.356 e. The summed E-state index contributed by atoms with van der Waals surface area (Å²) in [5.41, 5.74) is 0. The lowest BCUT2D eigenvalue weighted by molar-refractivity contribution is -0.140. The number of carbonyl (C=O) groups is 2. The van der Waals surface area contributed by atoms with E-state index in [-0.39, 0.29) is 23.7 Å². The predicted octanol–water partition coefficient (Wildman–Crippen LogP) is -0.0294. The van der Waals surface area contributed by atoms with Crippen LogP contribution >= 0.6 is 0 Å². The van der Waals surface area contributed by atoms with Crippen molar-refractivity contribution in [3.05, 3.63) is 0 Å². The lowest BCUT2D eigenvalue weighted by atomic mass is 9.93. The van der Waals surface area contributed by atoms with Gasteiger partial charge in [-0.05, 0) is 19.3 Å². The number of nitrogens with one attached hydrogen (secondary N) is 2. The minimum absolute atomic E-state index is 0.0973. The van der Waals surface area contributed by atoms with Gasteiger partial charge in [0.15, 0.2) is 0 Å². The van der Waals surface area contributed by atoms with E-state index >= 15 is 0 Å².